The highest BCUT2D eigenvalue weighted by Gasteiger charge is 2.26. The topological polar surface area (TPSA) is 61.9 Å². The SMILES string of the molecule is COc1cc(-c2cccc(CN3CCC(N(Cc4cccc(-c5cc(OC)c(OC)c(OC)c5)c4)c4ccc(Cl)cc4)CC3)c2)cc(OC)c1OC. The van der Waals surface area contributed by atoms with Crippen LogP contribution in [0.5, 0.6) is 34.5 Å². The van der Waals surface area contributed by atoms with Crippen LogP contribution in [0, 0.1) is 0 Å². The maximum Gasteiger partial charge on any atom is 0.203 e. The lowest BCUT2D eigenvalue weighted by Gasteiger charge is -2.40. The fraction of sp³-hybridized carbons (Fsp3) is 0.302. The Hall–Kier alpha value is -5.05. The first-order chi connectivity index (χ1) is 25.4. The molecular weight excluding hydrogens is 676 g/mol. The molecule has 0 aromatic heterocycles. The minimum atomic E-state index is 0.368. The minimum absolute atomic E-state index is 0.368. The number of hydrogen-bond donors (Lipinski definition) is 0. The van der Waals surface area contributed by atoms with Crippen LogP contribution in [0.25, 0.3) is 22.3 Å². The molecule has 5 aromatic carbocycles. The number of anilines is 1. The number of rotatable bonds is 14. The van der Waals surface area contributed by atoms with Crippen molar-refractivity contribution in [1.29, 1.82) is 0 Å². The molecule has 1 saturated heterocycles. The van der Waals surface area contributed by atoms with Crippen LogP contribution >= 0.6 is 11.6 Å². The predicted molar refractivity (Wildman–Crippen MR) is 209 cm³/mol. The van der Waals surface area contributed by atoms with Crippen molar-refractivity contribution in [2.45, 2.75) is 32.0 Å². The molecule has 0 amide bonds. The standard InChI is InChI=1S/C43H47ClN2O6/c1-47-38-23-33(24-39(48-2)42(38)51-5)31-11-7-9-29(21-31)27-45-19-17-37(18-20-45)46(36-15-13-35(44)14-16-36)28-30-10-8-12-32(22-30)34-25-40(49-3)43(52-6)41(26-34)50-4/h7-16,21-26,37H,17-20,27-28H2,1-6H3. The summed E-state index contributed by atoms with van der Waals surface area (Å²) >= 11 is 6.34. The third kappa shape index (κ3) is 8.19. The van der Waals surface area contributed by atoms with Gasteiger partial charge in [-0.25, -0.2) is 0 Å². The summed E-state index contributed by atoms with van der Waals surface area (Å²) in [4.78, 5) is 5.09. The van der Waals surface area contributed by atoms with Gasteiger partial charge in [-0.15, -0.1) is 0 Å². The molecule has 0 atom stereocenters. The van der Waals surface area contributed by atoms with Crippen LogP contribution in [0.1, 0.15) is 24.0 Å². The van der Waals surface area contributed by atoms with Gasteiger partial charge in [-0.3, -0.25) is 4.90 Å². The Kier molecular flexibility index (Phi) is 12.0. The highest BCUT2D eigenvalue weighted by atomic mass is 35.5. The lowest BCUT2D eigenvalue weighted by Crippen LogP contribution is -2.44. The number of likely N-dealkylation sites (tertiary alicyclic amines) is 1. The number of ether oxygens (including phenoxy) is 6. The first-order valence-electron chi connectivity index (χ1n) is 17.4. The zero-order valence-electron chi connectivity index (χ0n) is 30.8. The maximum atomic E-state index is 6.34. The van der Waals surface area contributed by atoms with Gasteiger partial charge in [0, 0.05) is 42.9 Å². The van der Waals surface area contributed by atoms with Gasteiger partial charge in [-0.05, 0) is 107 Å². The monoisotopic (exact) mass is 722 g/mol. The fourth-order valence-electron chi connectivity index (χ4n) is 7.10. The van der Waals surface area contributed by atoms with Crippen molar-refractivity contribution in [1.82, 2.24) is 4.90 Å². The molecule has 0 saturated carbocycles. The van der Waals surface area contributed by atoms with Gasteiger partial charge in [-0.1, -0.05) is 48.0 Å². The van der Waals surface area contributed by atoms with Crippen molar-refractivity contribution in [3.05, 3.63) is 113 Å². The lowest BCUT2D eigenvalue weighted by atomic mass is 9.98. The summed E-state index contributed by atoms with van der Waals surface area (Å²) in [6.45, 7) is 3.63. The number of halogens is 1. The van der Waals surface area contributed by atoms with E-state index < -0.39 is 0 Å². The van der Waals surface area contributed by atoms with Crippen LogP contribution in [0.4, 0.5) is 5.69 Å². The average molecular weight is 723 g/mol. The normalized spacial score (nSPS) is 13.4. The molecule has 1 heterocycles. The molecule has 8 nitrogen and oxygen atoms in total. The van der Waals surface area contributed by atoms with E-state index in [2.05, 4.69) is 70.5 Å². The van der Waals surface area contributed by atoms with Gasteiger partial charge >= 0.3 is 0 Å². The average Bonchev–Trinajstić information content (AvgIpc) is 3.19. The molecule has 52 heavy (non-hydrogen) atoms. The van der Waals surface area contributed by atoms with Crippen LogP contribution in [-0.2, 0) is 13.1 Å². The number of piperidine rings is 1. The highest BCUT2D eigenvalue weighted by Crippen LogP contribution is 2.43. The van der Waals surface area contributed by atoms with Gasteiger partial charge in [-0.2, -0.15) is 0 Å². The summed E-state index contributed by atoms with van der Waals surface area (Å²) < 4.78 is 33.6. The fourth-order valence-corrected chi connectivity index (χ4v) is 7.23. The second kappa shape index (κ2) is 17.0. The van der Waals surface area contributed by atoms with Crippen molar-refractivity contribution >= 4 is 17.3 Å². The molecule has 1 aliphatic heterocycles. The Balaban J connectivity index is 1.19. The Bertz CT molecular complexity index is 1910. The van der Waals surface area contributed by atoms with E-state index in [1.165, 1.54) is 16.8 Å². The first-order valence-corrected chi connectivity index (χ1v) is 17.8. The Morgan fingerprint density at radius 2 is 1.02 bits per heavy atom. The number of benzene rings is 5. The largest absolute Gasteiger partial charge is 0.493 e. The highest BCUT2D eigenvalue weighted by molar-refractivity contribution is 6.30. The van der Waals surface area contributed by atoms with Crippen molar-refractivity contribution in [2.24, 2.45) is 0 Å². The van der Waals surface area contributed by atoms with Gasteiger partial charge in [0.05, 0.1) is 42.7 Å². The van der Waals surface area contributed by atoms with Gasteiger partial charge in [0.2, 0.25) is 11.5 Å². The van der Waals surface area contributed by atoms with E-state index in [-0.39, 0.29) is 0 Å². The molecule has 0 N–H and O–H groups in total. The van der Waals surface area contributed by atoms with Crippen molar-refractivity contribution in [2.75, 3.05) is 60.6 Å². The molecule has 0 unspecified atom stereocenters. The van der Waals surface area contributed by atoms with Crippen molar-refractivity contribution in [3.63, 3.8) is 0 Å². The summed E-state index contributed by atoms with van der Waals surface area (Å²) in [7, 11) is 9.81. The van der Waals surface area contributed by atoms with E-state index in [9.17, 15) is 0 Å². The van der Waals surface area contributed by atoms with Crippen LogP contribution in [-0.4, -0.2) is 66.7 Å². The van der Waals surface area contributed by atoms with Crippen LogP contribution in [0.15, 0.2) is 97.1 Å². The molecule has 5 aromatic rings. The van der Waals surface area contributed by atoms with E-state index in [1.54, 1.807) is 42.7 Å². The smallest absolute Gasteiger partial charge is 0.203 e. The van der Waals surface area contributed by atoms with Crippen molar-refractivity contribution < 1.29 is 28.4 Å². The van der Waals surface area contributed by atoms with E-state index in [0.29, 0.717) is 40.5 Å². The van der Waals surface area contributed by atoms with Crippen molar-refractivity contribution in [3.8, 4) is 56.8 Å². The zero-order valence-corrected chi connectivity index (χ0v) is 31.5. The predicted octanol–water partition coefficient (Wildman–Crippen LogP) is 9.40. The summed E-state index contributed by atoms with van der Waals surface area (Å²) in [6.07, 6.45) is 2.09. The third-order valence-electron chi connectivity index (χ3n) is 9.77. The minimum Gasteiger partial charge on any atom is -0.493 e. The third-order valence-corrected chi connectivity index (χ3v) is 10.0. The molecule has 6 rings (SSSR count). The zero-order chi connectivity index (χ0) is 36.6. The molecule has 1 fully saturated rings. The Morgan fingerprint density at radius 1 is 0.558 bits per heavy atom. The molecule has 0 bridgehead atoms. The van der Waals surface area contributed by atoms with Crippen LogP contribution < -0.4 is 33.3 Å². The first kappa shape index (κ1) is 36.7. The summed E-state index contributed by atoms with van der Waals surface area (Å²) in [6, 6.07) is 33.9. The Labute approximate surface area is 312 Å². The summed E-state index contributed by atoms with van der Waals surface area (Å²) in [5, 5.41) is 0.733. The van der Waals surface area contributed by atoms with Crippen LogP contribution in [0.2, 0.25) is 5.02 Å². The van der Waals surface area contributed by atoms with E-state index in [1.807, 2.05) is 36.4 Å². The molecule has 0 aliphatic carbocycles. The van der Waals surface area contributed by atoms with E-state index in [0.717, 1.165) is 66.3 Å². The van der Waals surface area contributed by atoms with Gasteiger partial charge in [0.15, 0.2) is 23.0 Å². The lowest BCUT2D eigenvalue weighted by molar-refractivity contribution is 0.201. The van der Waals surface area contributed by atoms with Gasteiger partial charge in [0.1, 0.15) is 0 Å². The quantitative estimate of drug-likeness (QED) is 0.112. The van der Waals surface area contributed by atoms with Gasteiger partial charge < -0.3 is 33.3 Å². The molecule has 0 radical (unpaired) electrons. The number of hydrogen-bond acceptors (Lipinski definition) is 8. The maximum absolute atomic E-state index is 6.34. The number of methoxy groups -OCH3 is 6. The second-order valence-corrected chi connectivity index (χ2v) is 13.3. The van der Waals surface area contributed by atoms with Crippen LogP contribution in [0.3, 0.4) is 0 Å². The number of nitrogens with zero attached hydrogens (tertiary/aromatic N) is 2. The molecule has 0 spiro atoms. The van der Waals surface area contributed by atoms with Gasteiger partial charge in [0.25, 0.3) is 0 Å². The second-order valence-electron chi connectivity index (χ2n) is 12.8. The Morgan fingerprint density at radius 3 is 1.48 bits per heavy atom. The molecular formula is C43H47ClN2O6. The summed E-state index contributed by atoms with van der Waals surface area (Å²) in [5.74, 6) is 3.71. The molecule has 272 valence electrons. The molecule has 1 aliphatic rings. The van der Waals surface area contributed by atoms with E-state index >= 15 is 0 Å². The van der Waals surface area contributed by atoms with E-state index in [4.69, 9.17) is 40.0 Å². The molecule has 9 heteroatoms. The summed E-state index contributed by atoms with van der Waals surface area (Å²) in [5.41, 5.74) is 7.85.